The van der Waals surface area contributed by atoms with E-state index in [0.29, 0.717) is 23.8 Å². The zero-order valence-corrected chi connectivity index (χ0v) is 11.6. The molecular formula is C15H22N2O2. The lowest BCUT2D eigenvalue weighted by Gasteiger charge is -2.37. The standard InChI is InChI=1S/C15H22N2O2/c1-11-6-7-12(9-16)10-17(11)15(18)13-4-3-5-14(8-13)19-2/h3-5,8,11-12H,6-7,9-10,16H2,1-2H3. The van der Waals surface area contributed by atoms with Crippen LogP contribution in [-0.2, 0) is 0 Å². The van der Waals surface area contributed by atoms with E-state index in [1.165, 1.54) is 0 Å². The first-order chi connectivity index (χ1) is 9.15. The second-order valence-corrected chi connectivity index (χ2v) is 5.22. The molecule has 1 heterocycles. The molecule has 1 saturated heterocycles. The molecule has 4 heteroatoms. The average molecular weight is 262 g/mol. The number of nitrogens with two attached hydrogens (primary N) is 1. The Morgan fingerprint density at radius 2 is 2.26 bits per heavy atom. The van der Waals surface area contributed by atoms with E-state index in [1.807, 2.05) is 23.1 Å². The third-order valence-corrected chi connectivity index (χ3v) is 3.89. The number of hydrogen-bond donors (Lipinski definition) is 1. The molecule has 2 N–H and O–H groups in total. The number of ether oxygens (including phenoxy) is 1. The Morgan fingerprint density at radius 1 is 1.47 bits per heavy atom. The fourth-order valence-electron chi connectivity index (χ4n) is 2.58. The topological polar surface area (TPSA) is 55.6 Å². The number of piperidine rings is 1. The molecule has 19 heavy (non-hydrogen) atoms. The van der Waals surface area contributed by atoms with Crippen LogP contribution in [0.1, 0.15) is 30.1 Å². The highest BCUT2D eigenvalue weighted by Gasteiger charge is 2.28. The number of methoxy groups -OCH3 is 1. The minimum Gasteiger partial charge on any atom is -0.497 e. The summed E-state index contributed by atoms with van der Waals surface area (Å²) in [5.74, 6) is 1.21. The van der Waals surface area contributed by atoms with Gasteiger partial charge in [0.15, 0.2) is 0 Å². The lowest BCUT2D eigenvalue weighted by Crippen LogP contribution is -2.47. The van der Waals surface area contributed by atoms with Crippen molar-refractivity contribution < 1.29 is 9.53 Å². The summed E-state index contributed by atoms with van der Waals surface area (Å²) < 4.78 is 5.17. The maximum absolute atomic E-state index is 12.6. The van der Waals surface area contributed by atoms with Crippen LogP contribution in [0, 0.1) is 5.92 Å². The highest BCUT2D eigenvalue weighted by Crippen LogP contribution is 2.24. The molecule has 1 aliphatic heterocycles. The van der Waals surface area contributed by atoms with Gasteiger partial charge in [0, 0.05) is 18.2 Å². The largest absolute Gasteiger partial charge is 0.497 e. The number of amides is 1. The number of carbonyl (C=O) groups excluding carboxylic acids is 1. The monoisotopic (exact) mass is 262 g/mol. The molecule has 1 aromatic carbocycles. The molecule has 1 amide bonds. The van der Waals surface area contributed by atoms with Crippen LogP contribution in [0.3, 0.4) is 0 Å². The van der Waals surface area contributed by atoms with Crippen molar-refractivity contribution in [3.8, 4) is 5.75 Å². The molecular weight excluding hydrogens is 240 g/mol. The molecule has 0 aromatic heterocycles. The summed E-state index contributed by atoms with van der Waals surface area (Å²) in [5.41, 5.74) is 6.42. The lowest BCUT2D eigenvalue weighted by molar-refractivity contribution is 0.0566. The first-order valence-corrected chi connectivity index (χ1v) is 6.80. The summed E-state index contributed by atoms with van der Waals surface area (Å²) in [7, 11) is 1.61. The van der Waals surface area contributed by atoms with Gasteiger partial charge in [0.05, 0.1) is 7.11 Å². The number of carbonyl (C=O) groups is 1. The van der Waals surface area contributed by atoms with Crippen LogP contribution >= 0.6 is 0 Å². The molecule has 2 rings (SSSR count). The highest BCUT2D eigenvalue weighted by atomic mass is 16.5. The Hall–Kier alpha value is -1.55. The Morgan fingerprint density at radius 3 is 2.95 bits per heavy atom. The van der Waals surface area contributed by atoms with Gasteiger partial charge in [-0.25, -0.2) is 0 Å². The van der Waals surface area contributed by atoms with Crippen molar-refractivity contribution in [1.29, 1.82) is 0 Å². The van der Waals surface area contributed by atoms with Crippen LogP contribution in [0.4, 0.5) is 0 Å². The number of hydrogen-bond acceptors (Lipinski definition) is 3. The lowest BCUT2D eigenvalue weighted by atomic mass is 9.93. The zero-order valence-electron chi connectivity index (χ0n) is 11.6. The van der Waals surface area contributed by atoms with Gasteiger partial charge in [-0.05, 0) is 50.4 Å². The number of likely N-dealkylation sites (tertiary alicyclic amines) is 1. The third-order valence-electron chi connectivity index (χ3n) is 3.89. The van der Waals surface area contributed by atoms with Gasteiger partial charge in [-0.1, -0.05) is 6.07 Å². The van der Waals surface area contributed by atoms with Crippen LogP contribution in [-0.4, -0.2) is 37.0 Å². The van der Waals surface area contributed by atoms with E-state index in [4.69, 9.17) is 10.5 Å². The van der Waals surface area contributed by atoms with E-state index in [2.05, 4.69) is 6.92 Å². The van der Waals surface area contributed by atoms with Gasteiger partial charge in [0.25, 0.3) is 5.91 Å². The fourth-order valence-corrected chi connectivity index (χ4v) is 2.58. The second kappa shape index (κ2) is 6.06. The zero-order chi connectivity index (χ0) is 13.8. The van der Waals surface area contributed by atoms with E-state index in [9.17, 15) is 4.79 Å². The molecule has 104 valence electrons. The smallest absolute Gasteiger partial charge is 0.254 e. The molecule has 0 spiro atoms. The minimum absolute atomic E-state index is 0.0737. The van der Waals surface area contributed by atoms with Gasteiger partial charge in [0.2, 0.25) is 0 Å². The molecule has 0 radical (unpaired) electrons. The Labute approximate surface area is 114 Å². The summed E-state index contributed by atoms with van der Waals surface area (Å²) in [5, 5.41) is 0. The molecule has 0 saturated carbocycles. The van der Waals surface area contributed by atoms with Crippen molar-refractivity contribution in [1.82, 2.24) is 4.90 Å². The van der Waals surface area contributed by atoms with Crippen LogP contribution in [0.2, 0.25) is 0 Å². The maximum atomic E-state index is 12.6. The quantitative estimate of drug-likeness (QED) is 0.905. The molecule has 2 atom stereocenters. The van der Waals surface area contributed by atoms with Gasteiger partial charge in [-0.3, -0.25) is 4.79 Å². The summed E-state index contributed by atoms with van der Waals surface area (Å²) in [6, 6.07) is 7.60. The predicted molar refractivity (Wildman–Crippen MR) is 75.3 cm³/mol. The fraction of sp³-hybridized carbons (Fsp3) is 0.533. The maximum Gasteiger partial charge on any atom is 0.254 e. The summed E-state index contributed by atoms with van der Waals surface area (Å²) in [4.78, 5) is 14.5. The van der Waals surface area contributed by atoms with Crippen molar-refractivity contribution in [3.63, 3.8) is 0 Å². The molecule has 2 unspecified atom stereocenters. The van der Waals surface area contributed by atoms with E-state index in [-0.39, 0.29) is 11.9 Å². The van der Waals surface area contributed by atoms with Crippen molar-refractivity contribution >= 4 is 5.91 Å². The van der Waals surface area contributed by atoms with E-state index in [1.54, 1.807) is 13.2 Å². The van der Waals surface area contributed by atoms with Gasteiger partial charge in [-0.2, -0.15) is 0 Å². The van der Waals surface area contributed by atoms with Crippen LogP contribution in [0.15, 0.2) is 24.3 Å². The summed E-state index contributed by atoms with van der Waals surface area (Å²) in [6.07, 6.45) is 2.14. The van der Waals surface area contributed by atoms with Crippen molar-refractivity contribution in [2.75, 3.05) is 20.2 Å². The number of benzene rings is 1. The van der Waals surface area contributed by atoms with Gasteiger partial charge in [-0.15, -0.1) is 0 Å². The summed E-state index contributed by atoms with van der Waals surface area (Å²) in [6.45, 7) is 3.51. The van der Waals surface area contributed by atoms with Crippen molar-refractivity contribution in [2.45, 2.75) is 25.8 Å². The first kappa shape index (κ1) is 13.9. The summed E-state index contributed by atoms with van der Waals surface area (Å²) >= 11 is 0. The molecule has 1 fully saturated rings. The van der Waals surface area contributed by atoms with E-state index in [0.717, 1.165) is 19.4 Å². The average Bonchev–Trinajstić information content (AvgIpc) is 2.47. The predicted octanol–water partition coefficient (Wildman–Crippen LogP) is 1.89. The first-order valence-electron chi connectivity index (χ1n) is 6.80. The van der Waals surface area contributed by atoms with Crippen molar-refractivity contribution in [2.24, 2.45) is 11.7 Å². The molecule has 0 aliphatic carbocycles. The Kier molecular flexibility index (Phi) is 4.43. The second-order valence-electron chi connectivity index (χ2n) is 5.22. The van der Waals surface area contributed by atoms with Crippen molar-refractivity contribution in [3.05, 3.63) is 29.8 Å². The van der Waals surface area contributed by atoms with Gasteiger partial charge in [0.1, 0.15) is 5.75 Å². The molecule has 1 aliphatic rings. The Bertz CT molecular complexity index is 448. The molecule has 1 aromatic rings. The van der Waals surface area contributed by atoms with Crippen LogP contribution in [0.25, 0.3) is 0 Å². The van der Waals surface area contributed by atoms with E-state index >= 15 is 0 Å². The van der Waals surface area contributed by atoms with Crippen LogP contribution in [0.5, 0.6) is 5.75 Å². The molecule has 4 nitrogen and oxygen atoms in total. The van der Waals surface area contributed by atoms with E-state index < -0.39 is 0 Å². The third kappa shape index (κ3) is 3.07. The SMILES string of the molecule is COc1cccc(C(=O)N2CC(CN)CCC2C)c1. The number of rotatable bonds is 3. The molecule has 0 bridgehead atoms. The van der Waals surface area contributed by atoms with Gasteiger partial charge < -0.3 is 15.4 Å². The highest BCUT2D eigenvalue weighted by molar-refractivity contribution is 5.94. The van der Waals surface area contributed by atoms with Crippen LogP contribution < -0.4 is 10.5 Å². The normalized spacial score (nSPS) is 23.2. The number of nitrogens with zero attached hydrogens (tertiary/aromatic N) is 1. The Balaban J connectivity index is 2.16. The van der Waals surface area contributed by atoms with Gasteiger partial charge >= 0.3 is 0 Å². The minimum atomic E-state index is 0.0737.